The molecule has 4 rings (SSSR count). The fourth-order valence-corrected chi connectivity index (χ4v) is 3.81. The van der Waals surface area contributed by atoms with Crippen molar-refractivity contribution in [1.29, 1.82) is 0 Å². The van der Waals surface area contributed by atoms with Crippen molar-refractivity contribution in [1.82, 2.24) is 15.2 Å². The Labute approximate surface area is 159 Å². The second kappa shape index (κ2) is 7.62. The van der Waals surface area contributed by atoms with E-state index >= 15 is 0 Å². The van der Waals surface area contributed by atoms with Crippen LogP contribution in [0.2, 0.25) is 0 Å². The average Bonchev–Trinajstić information content (AvgIpc) is 2.73. The number of aromatic nitrogens is 1. The molecule has 2 heterocycles. The number of amides is 1. The van der Waals surface area contributed by atoms with Crippen LogP contribution < -0.4 is 5.32 Å². The molecule has 0 bridgehead atoms. The lowest BCUT2D eigenvalue weighted by atomic mass is 10.00. The molecule has 2 atom stereocenters. The Morgan fingerprint density at radius 2 is 1.85 bits per heavy atom. The van der Waals surface area contributed by atoms with Crippen molar-refractivity contribution >= 4 is 27.6 Å². The van der Waals surface area contributed by atoms with Gasteiger partial charge in [0.05, 0.1) is 24.3 Å². The van der Waals surface area contributed by atoms with Crippen molar-refractivity contribution in [2.75, 3.05) is 26.3 Å². The number of nitrogens with zero attached hydrogens (tertiary/aromatic N) is 2. The third kappa shape index (κ3) is 3.53. The number of hydrogen-bond donors (Lipinski definition) is 1. The molecule has 1 aliphatic rings. The highest BCUT2D eigenvalue weighted by molar-refractivity contribution is 6.15. The third-order valence-electron chi connectivity index (χ3n) is 5.56. The summed E-state index contributed by atoms with van der Waals surface area (Å²) in [5.74, 6) is -0.0722. The number of pyridine rings is 1. The van der Waals surface area contributed by atoms with Gasteiger partial charge in [0.15, 0.2) is 0 Å². The highest BCUT2D eigenvalue weighted by Gasteiger charge is 2.24. The molecule has 0 aliphatic carbocycles. The Kier molecular flexibility index (Phi) is 5.05. The van der Waals surface area contributed by atoms with Crippen molar-refractivity contribution in [3.63, 3.8) is 0 Å². The van der Waals surface area contributed by atoms with Crippen molar-refractivity contribution in [2.45, 2.75) is 25.9 Å². The van der Waals surface area contributed by atoms with Crippen LogP contribution in [0.3, 0.4) is 0 Å². The van der Waals surface area contributed by atoms with Gasteiger partial charge in [-0.05, 0) is 36.8 Å². The van der Waals surface area contributed by atoms with Crippen LogP contribution in [0.15, 0.2) is 48.7 Å². The van der Waals surface area contributed by atoms with Gasteiger partial charge in [0, 0.05) is 36.8 Å². The third-order valence-corrected chi connectivity index (χ3v) is 5.56. The molecule has 0 radical (unpaired) electrons. The maximum atomic E-state index is 13.1. The maximum absolute atomic E-state index is 13.1. The summed E-state index contributed by atoms with van der Waals surface area (Å²) in [5.41, 5.74) is 1.38. The number of ether oxygens (including phenoxy) is 1. The van der Waals surface area contributed by atoms with Gasteiger partial charge < -0.3 is 10.1 Å². The van der Waals surface area contributed by atoms with E-state index in [0.29, 0.717) is 5.56 Å². The summed E-state index contributed by atoms with van der Waals surface area (Å²) in [6.45, 7) is 7.54. The number of fused-ring (bicyclic) bond motifs is 3. The highest BCUT2D eigenvalue weighted by atomic mass is 16.5. The van der Waals surface area contributed by atoms with Gasteiger partial charge in [0.25, 0.3) is 5.91 Å². The molecule has 1 aromatic heterocycles. The molecule has 5 heteroatoms. The van der Waals surface area contributed by atoms with Crippen LogP contribution in [-0.4, -0.2) is 54.2 Å². The molecular weight excluding hydrogens is 338 g/mol. The number of carbonyl (C=O) groups excluding carboxylic acids is 1. The smallest absolute Gasteiger partial charge is 0.253 e. The summed E-state index contributed by atoms with van der Waals surface area (Å²) < 4.78 is 5.43. The molecule has 0 spiro atoms. The average molecular weight is 363 g/mol. The minimum absolute atomic E-state index is 0.0285. The lowest BCUT2D eigenvalue weighted by Gasteiger charge is -2.35. The molecule has 2 aromatic carbocycles. The van der Waals surface area contributed by atoms with Crippen LogP contribution in [0.25, 0.3) is 21.7 Å². The highest BCUT2D eigenvalue weighted by Crippen LogP contribution is 2.27. The van der Waals surface area contributed by atoms with Crippen LogP contribution in [-0.2, 0) is 4.74 Å². The number of hydrogen-bond acceptors (Lipinski definition) is 4. The first kappa shape index (κ1) is 17.9. The molecule has 5 nitrogen and oxygen atoms in total. The van der Waals surface area contributed by atoms with Gasteiger partial charge in [-0.1, -0.05) is 30.3 Å². The first-order valence-electron chi connectivity index (χ1n) is 9.54. The van der Waals surface area contributed by atoms with E-state index in [2.05, 4.69) is 35.1 Å². The zero-order valence-electron chi connectivity index (χ0n) is 15.8. The van der Waals surface area contributed by atoms with Gasteiger partial charge >= 0.3 is 0 Å². The predicted octanol–water partition coefficient (Wildman–Crippen LogP) is 3.23. The molecule has 1 saturated heterocycles. The van der Waals surface area contributed by atoms with Crippen LogP contribution >= 0.6 is 0 Å². The quantitative estimate of drug-likeness (QED) is 0.723. The topological polar surface area (TPSA) is 54.5 Å². The normalized spacial score (nSPS) is 17.7. The van der Waals surface area contributed by atoms with Gasteiger partial charge in [-0.3, -0.25) is 14.7 Å². The summed E-state index contributed by atoms with van der Waals surface area (Å²) in [7, 11) is 0. The summed E-state index contributed by atoms with van der Waals surface area (Å²) in [5, 5.41) is 6.37. The van der Waals surface area contributed by atoms with E-state index in [1.165, 1.54) is 0 Å². The zero-order chi connectivity index (χ0) is 18.8. The van der Waals surface area contributed by atoms with Gasteiger partial charge in [0.1, 0.15) is 0 Å². The Balaban J connectivity index is 1.63. The van der Waals surface area contributed by atoms with Crippen LogP contribution in [0.1, 0.15) is 24.2 Å². The monoisotopic (exact) mass is 363 g/mol. The molecule has 3 aromatic rings. The van der Waals surface area contributed by atoms with Crippen LogP contribution in [0, 0.1) is 0 Å². The summed E-state index contributed by atoms with van der Waals surface area (Å²) in [6, 6.07) is 14.3. The van der Waals surface area contributed by atoms with E-state index in [0.717, 1.165) is 48.0 Å². The van der Waals surface area contributed by atoms with E-state index < -0.39 is 0 Å². The van der Waals surface area contributed by atoms with Gasteiger partial charge in [-0.15, -0.1) is 0 Å². The lowest BCUT2D eigenvalue weighted by Crippen LogP contribution is -2.52. The van der Waals surface area contributed by atoms with E-state index in [9.17, 15) is 4.79 Å². The molecule has 1 fully saturated rings. The molecule has 0 saturated carbocycles. The van der Waals surface area contributed by atoms with Crippen LogP contribution in [0.4, 0.5) is 0 Å². The van der Waals surface area contributed by atoms with E-state index in [4.69, 9.17) is 4.74 Å². The number of rotatable bonds is 4. The fraction of sp³-hybridized carbons (Fsp3) is 0.364. The minimum atomic E-state index is -0.0722. The second-order valence-electron chi connectivity index (χ2n) is 7.20. The number of benzene rings is 2. The van der Waals surface area contributed by atoms with Gasteiger partial charge in [0.2, 0.25) is 0 Å². The summed E-state index contributed by atoms with van der Waals surface area (Å²) >= 11 is 0. The number of morpholine rings is 1. The molecule has 27 heavy (non-hydrogen) atoms. The molecule has 140 valence electrons. The van der Waals surface area contributed by atoms with E-state index in [1.807, 2.05) is 36.4 Å². The summed E-state index contributed by atoms with van der Waals surface area (Å²) in [6.07, 6.45) is 1.74. The largest absolute Gasteiger partial charge is 0.379 e. The fourth-order valence-electron chi connectivity index (χ4n) is 3.81. The SMILES string of the molecule is C[C@H](NC(=O)c1cc2ccccc2c2cccnc12)[C@@H](C)N1CCOCC1. The predicted molar refractivity (Wildman–Crippen MR) is 108 cm³/mol. The first-order chi connectivity index (χ1) is 13.1. The van der Waals surface area contributed by atoms with E-state index in [-0.39, 0.29) is 18.0 Å². The molecule has 1 amide bonds. The van der Waals surface area contributed by atoms with Crippen molar-refractivity contribution in [3.8, 4) is 0 Å². The van der Waals surface area contributed by atoms with Crippen molar-refractivity contribution in [3.05, 3.63) is 54.2 Å². The van der Waals surface area contributed by atoms with Crippen molar-refractivity contribution < 1.29 is 9.53 Å². The molecular formula is C22H25N3O2. The lowest BCUT2D eigenvalue weighted by molar-refractivity contribution is 0.0137. The number of carbonyl (C=O) groups is 1. The Bertz CT molecular complexity index is 966. The minimum Gasteiger partial charge on any atom is -0.379 e. The second-order valence-corrected chi connectivity index (χ2v) is 7.20. The molecule has 0 unspecified atom stereocenters. The molecule has 1 N–H and O–H groups in total. The number of nitrogens with one attached hydrogen (secondary N) is 1. The molecule has 1 aliphatic heterocycles. The summed E-state index contributed by atoms with van der Waals surface area (Å²) in [4.78, 5) is 20.0. The Morgan fingerprint density at radius 3 is 2.67 bits per heavy atom. The van der Waals surface area contributed by atoms with Gasteiger partial charge in [-0.2, -0.15) is 0 Å². The Morgan fingerprint density at radius 1 is 1.11 bits per heavy atom. The zero-order valence-corrected chi connectivity index (χ0v) is 15.8. The standard InChI is InChI=1S/C22H25N3O2/c1-15(16(2)25-10-12-27-13-11-25)24-22(26)20-14-17-6-3-4-7-18(17)19-8-5-9-23-21(19)20/h3-9,14-16H,10-13H2,1-2H3,(H,24,26)/t15-,16+/m0/s1. The first-order valence-corrected chi connectivity index (χ1v) is 9.54. The maximum Gasteiger partial charge on any atom is 0.253 e. The van der Waals surface area contributed by atoms with Gasteiger partial charge in [-0.25, -0.2) is 0 Å². The Hall–Kier alpha value is -2.50. The van der Waals surface area contributed by atoms with Crippen molar-refractivity contribution in [2.24, 2.45) is 0 Å². The van der Waals surface area contributed by atoms with E-state index in [1.54, 1.807) is 6.20 Å². The van der Waals surface area contributed by atoms with Crippen LogP contribution in [0.5, 0.6) is 0 Å².